The first-order valence-electron chi connectivity index (χ1n) is 5.41. The van der Waals surface area contributed by atoms with E-state index in [0.29, 0.717) is 13.2 Å². The summed E-state index contributed by atoms with van der Waals surface area (Å²) in [6.07, 6.45) is 0. The lowest BCUT2D eigenvalue weighted by atomic mass is 10.4. The van der Waals surface area contributed by atoms with Gasteiger partial charge in [-0.15, -0.1) is 11.3 Å². The van der Waals surface area contributed by atoms with Gasteiger partial charge in [0.25, 0.3) is 5.91 Å². The van der Waals surface area contributed by atoms with Crippen molar-refractivity contribution in [2.75, 3.05) is 26.8 Å². The summed E-state index contributed by atoms with van der Waals surface area (Å²) in [7, 11) is 1.52. The number of amides is 2. The zero-order valence-electron chi connectivity index (χ0n) is 10.3. The Bertz CT molecular complexity index is 471. The van der Waals surface area contributed by atoms with Crippen LogP contribution in [0.3, 0.4) is 0 Å². The highest BCUT2D eigenvalue weighted by molar-refractivity contribution is 7.15. The van der Waals surface area contributed by atoms with Crippen LogP contribution in [0.4, 0.5) is 0 Å². The number of rotatable bonds is 7. The van der Waals surface area contributed by atoms with Gasteiger partial charge >= 0.3 is 5.97 Å². The van der Waals surface area contributed by atoms with Crippen molar-refractivity contribution in [1.82, 2.24) is 10.6 Å². The van der Waals surface area contributed by atoms with Gasteiger partial charge in [-0.2, -0.15) is 0 Å². The third-order valence-electron chi connectivity index (χ3n) is 2.08. The minimum Gasteiger partial charge on any atom is -0.477 e. The molecular formula is C11H14N2O5S. The Labute approximate surface area is 113 Å². The number of hydrogen-bond acceptors (Lipinski definition) is 5. The Kier molecular flexibility index (Phi) is 5.97. The number of methoxy groups -OCH3 is 1. The smallest absolute Gasteiger partial charge is 0.345 e. The maximum absolute atomic E-state index is 11.6. The molecule has 0 aromatic carbocycles. The molecule has 104 valence electrons. The van der Waals surface area contributed by atoms with Crippen LogP contribution < -0.4 is 10.6 Å². The molecule has 1 aromatic heterocycles. The molecule has 0 aliphatic heterocycles. The molecule has 0 bridgehead atoms. The van der Waals surface area contributed by atoms with Crippen LogP contribution >= 0.6 is 11.3 Å². The molecule has 0 saturated heterocycles. The van der Waals surface area contributed by atoms with Crippen LogP contribution in [-0.4, -0.2) is 49.7 Å². The molecule has 0 spiro atoms. The number of carbonyl (C=O) groups is 3. The van der Waals surface area contributed by atoms with E-state index in [-0.39, 0.29) is 22.2 Å². The van der Waals surface area contributed by atoms with Crippen LogP contribution in [-0.2, 0) is 9.53 Å². The molecule has 1 heterocycles. The zero-order chi connectivity index (χ0) is 14.3. The molecule has 1 rings (SSSR count). The fourth-order valence-corrected chi connectivity index (χ4v) is 1.94. The van der Waals surface area contributed by atoms with Crippen LogP contribution in [0.5, 0.6) is 0 Å². The fourth-order valence-electron chi connectivity index (χ4n) is 1.18. The number of hydrogen-bond donors (Lipinski definition) is 3. The van der Waals surface area contributed by atoms with Gasteiger partial charge in [-0.3, -0.25) is 9.59 Å². The van der Waals surface area contributed by atoms with Crippen molar-refractivity contribution in [2.45, 2.75) is 0 Å². The quantitative estimate of drug-likeness (QED) is 0.609. The van der Waals surface area contributed by atoms with Crippen LogP contribution in [0.15, 0.2) is 12.1 Å². The molecule has 0 unspecified atom stereocenters. The van der Waals surface area contributed by atoms with Crippen LogP contribution in [0.25, 0.3) is 0 Å². The number of carboxylic acids is 1. The second-order valence-electron chi connectivity index (χ2n) is 3.49. The van der Waals surface area contributed by atoms with E-state index >= 15 is 0 Å². The van der Waals surface area contributed by atoms with Gasteiger partial charge in [0.05, 0.1) is 18.0 Å². The molecule has 0 aliphatic rings. The summed E-state index contributed by atoms with van der Waals surface area (Å²) in [4.78, 5) is 33.9. The highest BCUT2D eigenvalue weighted by atomic mass is 32.1. The Hall–Kier alpha value is -1.93. The maximum Gasteiger partial charge on any atom is 0.345 e. The summed E-state index contributed by atoms with van der Waals surface area (Å²) >= 11 is 0.859. The van der Waals surface area contributed by atoms with E-state index in [1.54, 1.807) is 0 Å². The predicted molar refractivity (Wildman–Crippen MR) is 68.5 cm³/mol. The van der Waals surface area contributed by atoms with Crippen LogP contribution in [0.1, 0.15) is 19.3 Å². The van der Waals surface area contributed by atoms with Gasteiger partial charge in [-0.25, -0.2) is 4.79 Å². The van der Waals surface area contributed by atoms with E-state index in [1.807, 2.05) is 0 Å². The van der Waals surface area contributed by atoms with Crippen molar-refractivity contribution < 1.29 is 24.2 Å². The van der Waals surface area contributed by atoms with E-state index < -0.39 is 11.9 Å². The maximum atomic E-state index is 11.6. The summed E-state index contributed by atoms with van der Waals surface area (Å²) in [6.45, 7) is 0.600. The topological polar surface area (TPSA) is 105 Å². The van der Waals surface area contributed by atoms with E-state index in [1.165, 1.54) is 19.2 Å². The summed E-state index contributed by atoms with van der Waals surface area (Å²) in [5, 5.41) is 13.7. The summed E-state index contributed by atoms with van der Waals surface area (Å²) < 4.78 is 4.76. The minimum atomic E-state index is -1.08. The number of aromatic carboxylic acids is 1. The fraction of sp³-hybridized carbons (Fsp3) is 0.364. The first-order valence-corrected chi connectivity index (χ1v) is 6.23. The molecule has 0 saturated carbocycles. The van der Waals surface area contributed by atoms with Gasteiger partial charge < -0.3 is 20.5 Å². The van der Waals surface area contributed by atoms with Gasteiger partial charge in [0.2, 0.25) is 5.91 Å². The SMILES string of the molecule is COCCNC(=O)CNC(=O)c1ccc(C(=O)O)s1. The van der Waals surface area contributed by atoms with Crippen molar-refractivity contribution >= 4 is 29.1 Å². The third-order valence-corrected chi connectivity index (χ3v) is 3.15. The molecule has 0 fully saturated rings. The Morgan fingerprint density at radius 3 is 2.53 bits per heavy atom. The summed E-state index contributed by atoms with van der Waals surface area (Å²) in [5.41, 5.74) is 0. The van der Waals surface area contributed by atoms with Gasteiger partial charge in [0, 0.05) is 13.7 Å². The van der Waals surface area contributed by atoms with Crippen molar-refractivity contribution in [3.63, 3.8) is 0 Å². The van der Waals surface area contributed by atoms with E-state index in [2.05, 4.69) is 10.6 Å². The number of nitrogens with one attached hydrogen (secondary N) is 2. The minimum absolute atomic E-state index is 0.0784. The lowest BCUT2D eigenvalue weighted by Crippen LogP contribution is -2.37. The molecule has 19 heavy (non-hydrogen) atoms. The summed E-state index contributed by atoms with van der Waals surface area (Å²) in [6, 6.07) is 2.76. The predicted octanol–water partition coefficient (Wildman–Crippen LogP) is -0.0613. The first-order chi connectivity index (χ1) is 9.04. The molecule has 1 aromatic rings. The second-order valence-corrected chi connectivity index (χ2v) is 4.58. The molecule has 2 amide bonds. The van der Waals surface area contributed by atoms with Crippen molar-refractivity contribution in [1.29, 1.82) is 0 Å². The molecule has 0 atom stereocenters. The lowest BCUT2D eigenvalue weighted by molar-refractivity contribution is -0.120. The molecule has 0 radical (unpaired) electrons. The molecule has 0 aliphatic carbocycles. The second kappa shape index (κ2) is 7.49. The third kappa shape index (κ3) is 5.06. The number of carboxylic acid groups (broad SMARTS) is 1. The molecular weight excluding hydrogens is 272 g/mol. The normalized spacial score (nSPS) is 9.95. The van der Waals surface area contributed by atoms with Gasteiger partial charge in [0.15, 0.2) is 0 Å². The number of thiophene rings is 1. The van der Waals surface area contributed by atoms with Crippen molar-refractivity contribution in [3.8, 4) is 0 Å². The Morgan fingerprint density at radius 2 is 1.95 bits per heavy atom. The molecule has 7 nitrogen and oxygen atoms in total. The van der Waals surface area contributed by atoms with Crippen LogP contribution in [0.2, 0.25) is 0 Å². The average molecular weight is 286 g/mol. The van der Waals surface area contributed by atoms with Gasteiger partial charge in [-0.1, -0.05) is 0 Å². The zero-order valence-corrected chi connectivity index (χ0v) is 11.1. The van der Waals surface area contributed by atoms with E-state index in [0.717, 1.165) is 11.3 Å². The highest BCUT2D eigenvalue weighted by Crippen LogP contribution is 2.15. The summed E-state index contributed by atoms with van der Waals surface area (Å²) in [5.74, 6) is -1.89. The van der Waals surface area contributed by atoms with E-state index in [4.69, 9.17) is 9.84 Å². The van der Waals surface area contributed by atoms with Gasteiger partial charge in [0.1, 0.15) is 4.88 Å². The molecule has 3 N–H and O–H groups in total. The Morgan fingerprint density at radius 1 is 1.26 bits per heavy atom. The van der Waals surface area contributed by atoms with Crippen molar-refractivity contribution in [2.24, 2.45) is 0 Å². The number of carbonyl (C=O) groups excluding carboxylic acids is 2. The monoisotopic (exact) mass is 286 g/mol. The largest absolute Gasteiger partial charge is 0.477 e. The Balaban J connectivity index is 2.38. The number of ether oxygens (including phenoxy) is 1. The standard InChI is InChI=1S/C11H14N2O5S/c1-18-5-4-12-9(14)6-13-10(15)7-2-3-8(19-7)11(16)17/h2-3H,4-6H2,1H3,(H,12,14)(H,13,15)(H,16,17). The van der Waals surface area contributed by atoms with E-state index in [9.17, 15) is 14.4 Å². The van der Waals surface area contributed by atoms with Gasteiger partial charge in [-0.05, 0) is 12.1 Å². The highest BCUT2D eigenvalue weighted by Gasteiger charge is 2.13. The average Bonchev–Trinajstić information content (AvgIpc) is 2.86. The molecule has 8 heteroatoms. The van der Waals surface area contributed by atoms with Crippen LogP contribution in [0, 0.1) is 0 Å². The van der Waals surface area contributed by atoms with Crippen molar-refractivity contribution in [3.05, 3.63) is 21.9 Å². The first kappa shape index (κ1) is 15.1. The lowest BCUT2D eigenvalue weighted by Gasteiger charge is -2.05.